The van der Waals surface area contributed by atoms with E-state index in [0.717, 1.165) is 17.7 Å². The zero-order valence-corrected chi connectivity index (χ0v) is 15.8. The van der Waals surface area contributed by atoms with Crippen LogP contribution < -0.4 is 5.32 Å². The number of carbonyl (C=O) groups excluding carboxylic acids is 2. The monoisotopic (exact) mass is 369 g/mol. The maximum atomic E-state index is 12.7. The number of amides is 1. The van der Waals surface area contributed by atoms with E-state index in [2.05, 4.69) is 5.32 Å². The Morgan fingerprint density at radius 2 is 1.77 bits per heavy atom. The molecule has 1 amide bonds. The quantitative estimate of drug-likeness (QED) is 0.315. The summed E-state index contributed by atoms with van der Waals surface area (Å²) in [5.41, 5.74) is 1.62. The lowest BCUT2D eigenvalue weighted by Gasteiger charge is -2.10. The van der Waals surface area contributed by atoms with Crippen LogP contribution in [0.3, 0.4) is 0 Å². The van der Waals surface area contributed by atoms with Gasteiger partial charge in [-0.05, 0) is 42.5 Å². The molecular weight excluding hydrogens is 346 g/mol. The SMILES string of the molecule is CCCCOC(=O)/C=C(/C(=O)Nc1ccc(SC)cc1)c1ccccc1. The molecule has 0 fully saturated rings. The van der Waals surface area contributed by atoms with Crippen LogP contribution in [0.25, 0.3) is 5.57 Å². The zero-order valence-electron chi connectivity index (χ0n) is 15.0. The first-order valence-corrected chi connectivity index (χ1v) is 9.75. The van der Waals surface area contributed by atoms with Crippen LogP contribution in [0.5, 0.6) is 0 Å². The van der Waals surface area contributed by atoms with Crippen molar-refractivity contribution in [3.63, 3.8) is 0 Å². The highest BCUT2D eigenvalue weighted by Gasteiger charge is 2.15. The van der Waals surface area contributed by atoms with Crippen LogP contribution in [0.1, 0.15) is 25.3 Å². The van der Waals surface area contributed by atoms with Crippen LogP contribution in [0, 0.1) is 0 Å². The van der Waals surface area contributed by atoms with Crippen LogP contribution >= 0.6 is 11.8 Å². The lowest BCUT2D eigenvalue weighted by atomic mass is 10.0. The fraction of sp³-hybridized carbons (Fsp3) is 0.238. The van der Waals surface area contributed by atoms with Gasteiger partial charge in [0.2, 0.25) is 0 Å². The van der Waals surface area contributed by atoms with Crippen LogP contribution in [0.2, 0.25) is 0 Å². The van der Waals surface area contributed by atoms with Crippen molar-refractivity contribution in [1.82, 2.24) is 0 Å². The van der Waals surface area contributed by atoms with Gasteiger partial charge in [0.25, 0.3) is 5.91 Å². The van der Waals surface area contributed by atoms with E-state index in [0.29, 0.717) is 17.9 Å². The molecule has 1 N–H and O–H groups in total. The standard InChI is InChI=1S/C21H23NO3S/c1-3-4-14-25-20(23)15-19(16-8-6-5-7-9-16)21(24)22-17-10-12-18(26-2)13-11-17/h5-13,15H,3-4,14H2,1-2H3,(H,22,24)/b19-15+. The summed E-state index contributed by atoms with van der Waals surface area (Å²) in [6.07, 6.45) is 4.99. The molecule has 26 heavy (non-hydrogen) atoms. The summed E-state index contributed by atoms with van der Waals surface area (Å²) in [5.74, 6) is -0.856. The average Bonchev–Trinajstić information content (AvgIpc) is 2.67. The van der Waals surface area contributed by atoms with E-state index in [1.54, 1.807) is 23.9 Å². The average molecular weight is 369 g/mol. The highest BCUT2D eigenvalue weighted by molar-refractivity contribution is 7.98. The van der Waals surface area contributed by atoms with Gasteiger partial charge in [0.05, 0.1) is 12.2 Å². The molecule has 0 heterocycles. The maximum Gasteiger partial charge on any atom is 0.331 e. The minimum atomic E-state index is -0.509. The van der Waals surface area contributed by atoms with Crippen LogP contribution in [-0.2, 0) is 14.3 Å². The van der Waals surface area contributed by atoms with E-state index < -0.39 is 5.97 Å². The molecule has 0 spiro atoms. The molecule has 0 unspecified atom stereocenters. The first-order valence-electron chi connectivity index (χ1n) is 8.53. The molecule has 0 aliphatic carbocycles. The van der Waals surface area contributed by atoms with E-state index in [4.69, 9.17) is 4.74 Å². The molecule has 0 aliphatic rings. The summed E-state index contributed by atoms with van der Waals surface area (Å²) in [6, 6.07) is 16.6. The van der Waals surface area contributed by atoms with Gasteiger partial charge < -0.3 is 10.1 Å². The first-order chi connectivity index (χ1) is 12.6. The number of nitrogens with one attached hydrogen (secondary N) is 1. The van der Waals surface area contributed by atoms with Crippen molar-refractivity contribution >= 4 is 34.9 Å². The second kappa shape index (κ2) is 10.5. The molecule has 0 bridgehead atoms. The fourth-order valence-corrected chi connectivity index (χ4v) is 2.66. The maximum absolute atomic E-state index is 12.7. The molecule has 136 valence electrons. The third-order valence-corrected chi connectivity index (χ3v) is 4.43. The predicted molar refractivity (Wildman–Crippen MR) is 107 cm³/mol. The van der Waals surface area contributed by atoms with E-state index in [9.17, 15) is 9.59 Å². The smallest absolute Gasteiger partial charge is 0.331 e. The van der Waals surface area contributed by atoms with Gasteiger partial charge >= 0.3 is 5.97 Å². The lowest BCUT2D eigenvalue weighted by molar-refractivity contribution is -0.137. The van der Waals surface area contributed by atoms with E-state index >= 15 is 0 Å². The molecule has 2 aromatic rings. The van der Waals surface area contributed by atoms with Crippen molar-refractivity contribution in [2.75, 3.05) is 18.2 Å². The summed E-state index contributed by atoms with van der Waals surface area (Å²) >= 11 is 1.63. The summed E-state index contributed by atoms with van der Waals surface area (Å²) in [7, 11) is 0. The van der Waals surface area contributed by atoms with Gasteiger partial charge in [-0.25, -0.2) is 4.79 Å². The van der Waals surface area contributed by atoms with Crippen LogP contribution in [-0.4, -0.2) is 24.7 Å². The fourth-order valence-electron chi connectivity index (χ4n) is 2.25. The molecule has 0 atom stereocenters. The number of benzene rings is 2. The van der Waals surface area contributed by atoms with Crippen molar-refractivity contribution in [2.24, 2.45) is 0 Å². The first kappa shape index (κ1) is 19.8. The number of hydrogen-bond acceptors (Lipinski definition) is 4. The number of unbranched alkanes of at least 4 members (excludes halogenated alkanes) is 1. The lowest BCUT2D eigenvalue weighted by Crippen LogP contribution is -2.15. The Kier molecular flexibility index (Phi) is 7.96. The Bertz CT molecular complexity index is 755. The number of ether oxygens (including phenoxy) is 1. The van der Waals surface area contributed by atoms with Gasteiger partial charge in [0.1, 0.15) is 0 Å². The minimum Gasteiger partial charge on any atom is -0.463 e. The molecule has 0 aliphatic heterocycles. The number of carbonyl (C=O) groups is 2. The van der Waals surface area contributed by atoms with Gasteiger partial charge in [-0.15, -0.1) is 11.8 Å². The Balaban J connectivity index is 2.19. The Morgan fingerprint density at radius 1 is 1.08 bits per heavy atom. The van der Waals surface area contributed by atoms with Crippen molar-refractivity contribution in [1.29, 1.82) is 0 Å². The van der Waals surface area contributed by atoms with Gasteiger partial charge in [-0.2, -0.15) is 0 Å². The van der Waals surface area contributed by atoms with Crippen LogP contribution in [0.15, 0.2) is 65.6 Å². The number of rotatable bonds is 8. The third-order valence-electron chi connectivity index (χ3n) is 3.68. The van der Waals surface area contributed by atoms with E-state index in [-0.39, 0.29) is 11.5 Å². The summed E-state index contributed by atoms with van der Waals surface area (Å²) in [6.45, 7) is 2.38. The van der Waals surface area contributed by atoms with Crippen molar-refractivity contribution < 1.29 is 14.3 Å². The highest BCUT2D eigenvalue weighted by atomic mass is 32.2. The normalized spacial score (nSPS) is 11.1. The number of thioether (sulfide) groups is 1. The van der Waals surface area contributed by atoms with Crippen molar-refractivity contribution in [2.45, 2.75) is 24.7 Å². The molecule has 2 rings (SSSR count). The summed E-state index contributed by atoms with van der Waals surface area (Å²) < 4.78 is 5.17. The van der Waals surface area contributed by atoms with E-state index in [1.807, 2.05) is 55.6 Å². The largest absolute Gasteiger partial charge is 0.463 e. The van der Waals surface area contributed by atoms with Crippen molar-refractivity contribution in [3.8, 4) is 0 Å². The third kappa shape index (κ3) is 6.08. The minimum absolute atomic E-state index is 0.279. The summed E-state index contributed by atoms with van der Waals surface area (Å²) in [5, 5.41) is 2.84. The molecule has 0 aromatic heterocycles. The molecule has 0 saturated heterocycles. The second-order valence-corrected chi connectivity index (χ2v) is 6.51. The summed E-state index contributed by atoms with van der Waals surface area (Å²) in [4.78, 5) is 25.9. The van der Waals surface area contributed by atoms with Crippen LogP contribution in [0.4, 0.5) is 5.69 Å². The van der Waals surface area contributed by atoms with Gasteiger partial charge in [0.15, 0.2) is 0 Å². The van der Waals surface area contributed by atoms with Gasteiger partial charge in [-0.3, -0.25) is 4.79 Å². The number of esters is 1. The predicted octanol–water partition coefficient (Wildman–Crippen LogP) is 4.77. The van der Waals surface area contributed by atoms with Gasteiger partial charge in [-0.1, -0.05) is 43.7 Å². The molecular formula is C21H23NO3S. The van der Waals surface area contributed by atoms with Gasteiger partial charge in [0, 0.05) is 16.7 Å². The topological polar surface area (TPSA) is 55.4 Å². The second-order valence-electron chi connectivity index (χ2n) is 5.63. The Morgan fingerprint density at radius 3 is 2.38 bits per heavy atom. The molecule has 0 radical (unpaired) electrons. The molecule has 2 aromatic carbocycles. The zero-order chi connectivity index (χ0) is 18.8. The Labute approximate surface area is 158 Å². The van der Waals surface area contributed by atoms with Crippen molar-refractivity contribution in [3.05, 3.63) is 66.2 Å². The highest BCUT2D eigenvalue weighted by Crippen LogP contribution is 2.20. The molecule has 0 saturated carbocycles. The molecule has 5 heteroatoms. The van der Waals surface area contributed by atoms with E-state index in [1.165, 1.54) is 6.08 Å². The number of hydrogen-bond donors (Lipinski definition) is 1. The molecule has 4 nitrogen and oxygen atoms in total. The Hall–Kier alpha value is -2.53. The number of anilines is 1.